The van der Waals surface area contributed by atoms with E-state index < -0.39 is 0 Å². The third kappa shape index (κ3) is 1.95. The zero-order valence-electron chi connectivity index (χ0n) is 11.1. The van der Waals surface area contributed by atoms with E-state index in [1.807, 2.05) is 41.8 Å². The third-order valence-corrected chi connectivity index (χ3v) is 3.31. The van der Waals surface area contributed by atoms with E-state index in [0.717, 1.165) is 5.56 Å². The average molecular weight is 269 g/mol. The Labute approximate surface area is 114 Å². The summed E-state index contributed by atoms with van der Waals surface area (Å²) in [4.78, 5) is 18.8. The van der Waals surface area contributed by atoms with Crippen LogP contribution in [0.25, 0.3) is 11.2 Å². The highest BCUT2D eigenvalue weighted by Gasteiger charge is 2.11. The Morgan fingerprint density at radius 3 is 2.75 bits per heavy atom. The van der Waals surface area contributed by atoms with Crippen molar-refractivity contribution in [2.24, 2.45) is 0 Å². The second kappa shape index (κ2) is 4.80. The number of H-pyrrole nitrogens is 1. The van der Waals surface area contributed by atoms with E-state index in [2.05, 4.69) is 9.97 Å². The van der Waals surface area contributed by atoms with E-state index in [0.29, 0.717) is 24.3 Å². The van der Waals surface area contributed by atoms with Gasteiger partial charge in [-0.2, -0.15) is 0 Å². The van der Waals surface area contributed by atoms with Gasteiger partial charge in [-0.05, 0) is 12.5 Å². The Bertz CT molecular complexity index is 857. The second-order valence-corrected chi connectivity index (χ2v) is 4.58. The fraction of sp³-hybridized carbons (Fsp3) is 0.214. The van der Waals surface area contributed by atoms with Crippen molar-refractivity contribution in [2.45, 2.75) is 20.0 Å². The van der Waals surface area contributed by atoms with Crippen molar-refractivity contribution in [1.29, 1.82) is 5.41 Å². The third-order valence-electron chi connectivity index (χ3n) is 3.31. The summed E-state index contributed by atoms with van der Waals surface area (Å²) in [5.41, 5.74) is 2.22. The van der Waals surface area contributed by atoms with E-state index in [9.17, 15) is 4.79 Å². The number of benzene rings is 1. The number of hydrogen-bond acceptors (Lipinski definition) is 3. The number of nitrogens with zero attached hydrogens (tertiary/aromatic N) is 3. The molecule has 2 heterocycles. The molecule has 0 aliphatic carbocycles. The van der Waals surface area contributed by atoms with Gasteiger partial charge in [-0.1, -0.05) is 30.3 Å². The number of imidazole rings is 1. The van der Waals surface area contributed by atoms with Gasteiger partial charge in [-0.15, -0.1) is 0 Å². The molecule has 102 valence electrons. The van der Waals surface area contributed by atoms with Crippen LogP contribution in [-0.2, 0) is 13.1 Å². The maximum Gasteiger partial charge on any atom is 0.327 e. The van der Waals surface area contributed by atoms with Crippen molar-refractivity contribution in [3.63, 3.8) is 0 Å². The quantitative estimate of drug-likeness (QED) is 0.746. The van der Waals surface area contributed by atoms with Gasteiger partial charge in [0.05, 0.1) is 12.9 Å². The first kappa shape index (κ1) is 12.4. The van der Waals surface area contributed by atoms with Gasteiger partial charge >= 0.3 is 5.69 Å². The van der Waals surface area contributed by atoms with E-state index in [-0.39, 0.29) is 11.2 Å². The maximum atomic E-state index is 11.9. The number of aromatic amines is 1. The first-order chi connectivity index (χ1) is 9.70. The van der Waals surface area contributed by atoms with Crippen LogP contribution in [0.4, 0.5) is 0 Å². The van der Waals surface area contributed by atoms with Crippen LogP contribution in [0.2, 0.25) is 0 Å². The summed E-state index contributed by atoms with van der Waals surface area (Å²) in [7, 11) is 0. The van der Waals surface area contributed by atoms with Crippen LogP contribution in [-0.4, -0.2) is 19.1 Å². The minimum Gasteiger partial charge on any atom is -0.312 e. The zero-order chi connectivity index (χ0) is 14.1. The van der Waals surface area contributed by atoms with Crippen LogP contribution >= 0.6 is 0 Å². The van der Waals surface area contributed by atoms with Crippen LogP contribution in [0.15, 0.2) is 41.5 Å². The highest BCUT2D eigenvalue weighted by atomic mass is 16.1. The van der Waals surface area contributed by atoms with Crippen molar-refractivity contribution in [1.82, 2.24) is 19.1 Å². The number of rotatable bonds is 3. The Balaban J connectivity index is 2.21. The predicted octanol–water partition coefficient (Wildman–Crippen LogP) is 1.07. The van der Waals surface area contributed by atoms with Gasteiger partial charge in [0, 0.05) is 6.54 Å². The molecule has 0 fully saturated rings. The lowest BCUT2D eigenvalue weighted by atomic mass is 10.2. The molecule has 0 aliphatic rings. The molecule has 2 N–H and O–H groups in total. The van der Waals surface area contributed by atoms with Crippen molar-refractivity contribution >= 4 is 11.2 Å². The second-order valence-electron chi connectivity index (χ2n) is 4.58. The molecule has 0 atom stereocenters. The summed E-state index contributed by atoms with van der Waals surface area (Å²) in [6.07, 6.45) is 1.59. The van der Waals surface area contributed by atoms with Gasteiger partial charge in [-0.25, -0.2) is 9.78 Å². The standard InChI is InChI=1S/C14H15N5O/c1-2-19-11-12(15)16-9-18(13(11)17-14(19)20)8-10-6-4-3-5-7-10/h3-7,9,15H,2,8H2,1H3,(H,17,20). The summed E-state index contributed by atoms with van der Waals surface area (Å²) < 4.78 is 3.39. The monoisotopic (exact) mass is 269 g/mol. The van der Waals surface area contributed by atoms with Crippen LogP contribution in [0.5, 0.6) is 0 Å². The maximum absolute atomic E-state index is 11.9. The number of hydrogen-bond donors (Lipinski definition) is 2. The molecule has 0 unspecified atom stereocenters. The summed E-state index contributed by atoms with van der Waals surface area (Å²) in [5.74, 6) is 0. The highest BCUT2D eigenvalue weighted by molar-refractivity contribution is 5.69. The van der Waals surface area contributed by atoms with Gasteiger partial charge in [0.25, 0.3) is 0 Å². The SMILES string of the molecule is CCn1c(=O)[nH]c2c1c(=N)ncn2Cc1ccccc1. The minimum atomic E-state index is -0.203. The van der Waals surface area contributed by atoms with Gasteiger partial charge in [0.15, 0.2) is 5.49 Å². The predicted molar refractivity (Wildman–Crippen MR) is 75.4 cm³/mol. The molecule has 0 saturated carbocycles. The summed E-state index contributed by atoms with van der Waals surface area (Å²) in [6.45, 7) is 3.00. The van der Waals surface area contributed by atoms with E-state index in [1.54, 1.807) is 6.33 Å². The molecule has 2 aromatic heterocycles. The van der Waals surface area contributed by atoms with Crippen molar-refractivity contribution < 1.29 is 0 Å². The summed E-state index contributed by atoms with van der Waals surface area (Å²) in [5, 5.41) is 7.89. The molecule has 3 rings (SSSR count). The Hall–Kier alpha value is -2.63. The van der Waals surface area contributed by atoms with Crippen LogP contribution < -0.4 is 11.2 Å². The number of aryl methyl sites for hydroxylation is 1. The first-order valence-corrected chi connectivity index (χ1v) is 6.47. The van der Waals surface area contributed by atoms with E-state index in [1.165, 1.54) is 4.57 Å². The lowest BCUT2D eigenvalue weighted by molar-refractivity contribution is 0.744. The largest absolute Gasteiger partial charge is 0.327 e. The average Bonchev–Trinajstić information content (AvgIpc) is 2.80. The van der Waals surface area contributed by atoms with Crippen LogP contribution in [0.1, 0.15) is 12.5 Å². The molecule has 3 aromatic rings. The molecule has 1 aromatic carbocycles. The van der Waals surface area contributed by atoms with Crippen LogP contribution in [0, 0.1) is 5.41 Å². The smallest absolute Gasteiger partial charge is 0.312 e. The topological polar surface area (TPSA) is 79.5 Å². The van der Waals surface area contributed by atoms with Gasteiger partial charge in [0.1, 0.15) is 11.2 Å². The van der Waals surface area contributed by atoms with Crippen LogP contribution in [0.3, 0.4) is 0 Å². The van der Waals surface area contributed by atoms with Crippen molar-refractivity contribution in [3.05, 3.63) is 58.2 Å². The molecule has 0 aliphatic heterocycles. The minimum absolute atomic E-state index is 0.115. The molecule has 6 nitrogen and oxygen atoms in total. The Morgan fingerprint density at radius 1 is 1.30 bits per heavy atom. The number of aromatic nitrogens is 4. The Kier molecular flexibility index (Phi) is 2.98. The zero-order valence-corrected chi connectivity index (χ0v) is 11.1. The molecule has 0 bridgehead atoms. The van der Waals surface area contributed by atoms with E-state index in [4.69, 9.17) is 5.41 Å². The number of fused-ring (bicyclic) bond motifs is 1. The first-order valence-electron chi connectivity index (χ1n) is 6.47. The number of nitrogens with one attached hydrogen (secondary N) is 2. The summed E-state index contributed by atoms with van der Waals surface area (Å²) in [6, 6.07) is 9.94. The van der Waals surface area contributed by atoms with Gasteiger partial charge in [0.2, 0.25) is 0 Å². The van der Waals surface area contributed by atoms with Gasteiger partial charge < -0.3 is 4.57 Å². The van der Waals surface area contributed by atoms with Gasteiger partial charge in [-0.3, -0.25) is 15.0 Å². The Morgan fingerprint density at radius 2 is 2.05 bits per heavy atom. The molecule has 6 heteroatoms. The molecule has 0 saturated heterocycles. The molecule has 20 heavy (non-hydrogen) atoms. The lowest BCUT2D eigenvalue weighted by Crippen LogP contribution is -2.19. The fourth-order valence-electron chi connectivity index (χ4n) is 2.35. The highest BCUT2D eigenvalue weighted by Crippen LogP contribution is 2.08. The van der Waals surface area contributed by atoms with Crippen molar-refractivity contribution in [2.75, 3.05) is 0 Å². The molecule has 0 spiro atoms. The molecule has 0 amide bonds. The van der Waals surface area contributed by atoms with Crippen molar-refractivity contribution in [3.8, 4) is 0 Å². The fourth-order valence-corrected chi connectivity index (χ4v) is 2.35. The molecular weight excluding hydrogens is 254 g/mol. The lowest BCUT2D eigenvalue weighted by Gasteiger charge is -2.08. The van der Waals surface area contributed by atoms with E-state index >= 15 is 0 Å². The normalized spacial score (nSPS) is 11.1. The molecular formula is C14H15N5O. The summed E-state index contributed by atoms with van der Waals surface area (Å²) >= 11 is 0. The molecule has 0 radical (unpaired) electrons.